The molecule has 0 aliphatic carbocycles. The lowest BCUT2D eigenvalue weighted by atomic mass is 10.2. The fourth-order valence-electron chi connectivity index (χ4n) is 2.44. The number of halogens is 1. The number of rotatable bonds is 6. The molecule has 0 saturated carbocycles. The molecule has 0 bridgehead atoms. The van der Waals surface area contributed by atoms with Crippen LogP contribution in [0.1, 0.15) is 24.2 Å². The van der Waals surface area contributed by atoms with Crippen LogP contribution in [0.3, 0.4) is 0 Å². The van der Waals surface area contributed by atoms with Crippen molar-refractivity contribution in [3.05, 3.63) is 53.2 Å². The Morgan fingerprint density at radius 3 is 2.40 bits per heavy atom. The van der Waals surface area contributed by atoms with Gasteiger partial charge in [0.1, 0.15) is 5.69 Å². The van der Waals surface area contributed by atoms with Crippen molar-refractivity contribution in [2.75, 3.05) is 16.9 Å². The van der Waals surface area contributed by atoms with E-state index in [0.717, 1.165) is 6.26 Å². The number of aromatic nitrogens is 4. The number of pyridine rings is 1. The number of hydrogen-bond acceptors (Lipinski definition) is 8. The van der Waals surface area contributed by atoms with Gasteiger partial charge in [-0.3, -0.25) is 15.1 Å². The zero-order valence-corrected chi connectivity index (χ0v) is 18.0. The molecule has 3 rings (SSSR count). The lowest BCUT2D eigenvalue weighted by Gasteiger charge is -2.12. The molecule has 2 aromatic heterocycles. The summed E-state index contributed by atoms with van der Waals surface area (Å²) in [5.41, 5.74) is 0.597. The molecule has 0 unspecified atom stereocenters. The molecule has 0 saturated heterocycles. The van der Waals surface area contributed by atoms with Crippen molar-refractivity contribution in [3.8, 4) is 11.5 Å². The molecule has 3 aromatic rings. The maximum Gasteiger partial charge on any atom is 0.259 e. The smallest absolute Gasteiger partial charge is 0.259 e. The minimum absolute atomic E-state index is 0.00191. The molecule has 0 aliphatic heterocycles. The van der Waals surface area contributed by atoms with Gasteiger partial charge in [0.15, 0.2) is 15.7 Å². The zero-order valence-electron chi connectivity index (χ0n) is 16.4. The topological polar surface area (TPSA) is 127 Å². The van der Waals surface area contributed by atoms with Crippen molar-refractivity contribution < 1.29 is 13.2 Å². The van der Waals surface area contributed by atoms with E-state index in [9.17, 15) is 13.2 Å². The molecule has 0 fully saturated rings. The largest absolute Gasteiger partial charge is 0.352 e. The molecule has 30 heavy (non-hydrogen) atoms. The first-order valence-electron chi connectivity index (χ1n) is 8.88. The van der Waals surface area contributed by atoms with Crippen LogP contribution in [-0.4, -0.2) is 46.6 Å². The molecule has 0 spiro atoms. The van der Waals surface area contributed by atoms with Crippen LogP contribution in [0.5, 0.6) is 0 Å². The van der Waals surface area contributed by atoms with E-state index >= 15 is 0 Å². The van der Waals surface area contributed by atoms with E-state index in [1.165, 1.54) is 18.2 Å². The Morgan fingerprint density at radius 1 is 1.07 bits per heavy atom. The van der Waals surface area contributed by atoms with E-state index < -0.39 is 15.7 Å². The average molecular weight is 447 g/mol. The molecule has 0 atom stereocenters. The van der Waals surface area contributed by atoms with Gasteiger partial charge in [0.05, 0.1) is 15.5 Å². The highest BCUT2D eigenvalue weighted by atomic mass is 35.5. The summed E-state index contributed by atoms with van der Waals surface area (Å²) in [5, 5.41) is 5.64. The number of benzene rings is 1. The molecular weight excluding hydrogens is 428 g/mol. The number of carbonyl (C=O) groups excluding carboxylic acids is 1. The molecule has 11 heteroatoms. The van der Waals surface area contributed by atoms with Gasteiger partial charge in [0.25, 0.3) is 5.91 Å². The zero-order chi connectivity index (χ0) is 21.9. The maximum absolute atomic E-state index is 12.7. The van der Waals surface area contributed by atoms with Crippen LogP contribution in [0, 0.1) is 0 Å². The molecule has 9 nitrogen and oxygen atoms in total. The first-order chi connectivity index (χ1) is 14.1. The predicted molar refractivity (Wildman–Crippen MR) is 114 cm³/mol. The van der Waals surface area contributed by atoms with Gasteiger partial charge in [-0.1, -0.05) is 17.7 Å². The summed E-state index contributed by atoms with van der Waals surface area (Å²) >= 11 is 6.12. The Morgan fingerprint density at radius 2 is 1.80 bits per heavy atom. The second kappa shape index (κ2) is 8.72. The molecule has 0 aliphatic rings. The summed E-state index contributed by atoms with van der Waals surface area (Å²) in [6, 6.07) is 9.22. The second-order valence-electron chi connectivity index (χ2n) is 6.69. The van der Waals surface area contributed by atoms with Gasteiger partial charge in [-0.15, -0.1) is 0 Å². The van der Waals surface area contributed by atoms with E-state index in [2.05, 4.69) is 30.6 Å². The SMILES string of the molecule is CC(C)Nc1nc(NC(=O)c2ccc(S(C)(=O)=O)cc2Cl)nc(-c2ccccn2)n1. The van der Waals surface area contributed by atoms with Gasteiger partial charge in [0.2, 0.25) is 11.9 Å². The Labute approximate surface area is 178 Å². The van der Waals surface area contributed by atoms with Gasteiger partial charge in [-0.2, -0.15) is 15.0 Å². The summed E-state index contributed by atoms with van der Waals surface area (Å²) in [7, 11) is -3.44. The summed E-state index contributed by atoms with van der Waals surface area (Å²) in [4.78, 5) is 29.8. The average Bonchev–Trinajstić information content (AvgIpc) is 2.67. The van der Waals surface area contributed by atoms with E-state index in [-0.39, 0.29) is 39.2 Å². The van der Waals surface area contributed by atoms with E-state index in [1.54, 1.807) is 24.4 Å². The number of amides is 1. The summed E-state index contributed by atoms with van der Waals surface area (Å²) in [6.07, 6.45) is 2.67. The highest BCUT2D eigenvalue weighted by Gasteiger charge is 2.17. The fraction of sp³-hybridized carbons (Fsp3) is 0.211. The molecule has 1 aromatic carbocycles. The Kier molecular flexibility index (Phi) is 6.28. The van der Waals surface area contributed by atoms with Crippen LogP contribution in [0.15, 0.2) is 47.5 Å². The third kappa shape index (κ3) is 5.28. The van der Waals surface area contributed by atoms with Gasteiger partial charge in [-0.25, -0.2) is 8.42 Å². The number of anilines is 2. The second-order valence-corrected chi connectivity index (χ2v) is 9.11. The first-order valence-corrected chi connectivity index (χ1v) is 11.2. The summed E-state index contributed by atoms with van der Waals surface area (Å²) in [5.74, 6) is -0.0344. The molecule has 0 radical (unpaired) electrons. The lowest BCUT2D eigenvalue weighted by molar-refractivity contribution is 0.102. The van der Waals surface area contributed by atoms with Crippen molar-refractivity contribution in [2.24, 2.45) is 0 Å². The first kappa shape index (κ1) is 21.6. The minimum Gasteiger partial charge on any atom is -0.352 e. The van der Waals surface area contributed by atoms with Crippen molar-refractivity contribution in [1.29, 1.82) is 0 Å². The number of sulfone groups is 1. The van der Waals surface area contributed by atoms with Gasteiger partial charge < -0.3 is 5.32 Å². The van der Waals surface area contributed by atoms with Gasteiger partial charge in [0, 0.05) is 18.5 Å². The normalized spacial score (nSPS) is 11.4. The summed E-state index contributed by atoms with van der Waals surface area (Å²) in [6.45, 7) is 3.84. The molecule has 1 amide bonds. The third-order valence-corrected chi connectivity index (χ3v) is 5.21. The van der Waals surface area contributed by atoms with Crippen LogP contribution >= 0.6 is 11.6 Å². The van der Waals surface area contributed by atoms with Crippen molar-refractivity contribution in [1.82, 2.24) is 19.9 Å². The quantitative estimate of drug-likeness (QED) is 0.591. The predicted octanol–water partition coefficient (Wildman–Crippen LogP) is 3.06. The third-order valence-electron chi connectivity index (χ3n) is 3.79. The standard InChI is InChI=1S/C19H19ClN6O3S/c1-11(2)22-18-23-16(15-6-4-5-9-21-15)24-19(26-18)25-17(27)13-8-7-12(10-14(13)20)30(3,28)29/h4-11H,1-3H3,(H2,22,23,24,25,26,27). The van der Waals surface area contributed by atoms with Crippen LogP contribution in [-0.2, 0) is 9.84 Å². The minimum atomic E-state index is -3.44. The number of hydrogen-bond donors (Lipinski definition) is 2. The Hall–Kier alpha value is -3.11. The van der Waals surface area contributed by atoms with Crippen LogP contribution in [0.25, 0.3) is 11.5 Å². The van der Waals surface area contributed by atoms with Crippen LogP contribution in [0.2, 0.25) is 5.02 Å². The molecule has 2 N–H and O–H groups in total. The lowest BCUT2D eigenvalue weighted by Crippen LogP contribution is -2.18. The number of nitrogens with one attached hydrogen (secondary N) is 2. The van der Waals surface area contributed by atoms with Gasteiger partial charge >= 0.3 is 0 Å². The van der Waals surface area contributed by atoms with E-state index in [4.69, 9.17) is 11.6 Å². The highest BCUT2D eigenvalue weighted by Crippen LogP contribution is 2.22. The van der Waals surface area contributed by atoms with Crippen LogP contribution < -0.4 is 10.6 Å². The Bertz CT molecular complexity index is 1190. The Balaban J connectivity index is 1.94. The van der Waals surface area contributed by atoms with Crippen molar-refractivity contribution in [3.63, 3.8) is 0 Å². The van der Waals surface area contributed by atoms with E-state index in [0.29, 0.717) is 5.69 Å². The summed E-state index contributed by atoms with van der Waals surface area (Å²) < 4.78 is 23.3. The highest BCUT2D eigenvalue weighted by molar-refractivity contribution is 7.90. The maximum atomic E-state index is 12.7. The van der Waals surface area contributed by atoms with Crippen molar-refractivity contribution >= 4 is 39.2 Å². The molecule has 2 heterocycles. The van der Waals surface area contributed by atoms with Crippen molar-refractivity contribution in [2.45, 2.75) is 24.8 Å². The molecule has 156 valence electrons. The number of carbonyl (C=O) groups is 1. The van der Waals surface area contributed by atoms with Crippen LogP contribution in [0.4, 0.5) is 11.9 Å². The number of nitrogens with zero attached hydrogens (tertiary/aromatic N) is 4. The monoisotopic (exact) mass is 446 g/mol. The van der Waals surface area contributed by atoms with E-state index in [1.807, 2.05) is 13.8 Å². The fourth-order valence-corrected chi connectivity index (χ4v) is 3.42. The molecular formula is C19H19ClN6O3S. The van der Waals surface area contributed by atoms with Gasteiger partial charge in [-0.05, 0) is 44.2 Å².